The summed E-state index contributed by atoms with van der Waals surface area (Å²) in [5.41, 5.74) is 2.40. The number of amides is 2. The number of aromatic nitrogens is 4. The van der Waals surface area contributed by atoms with Crippen molar-refractivity contribution >= 4 is 56.1 Å². The molecule has 14 heteroatoms. The van der Waals surface area contributed by atoms with E-state index < -0.39 is 34.2 Å². The highest BCUT2D eigenvalue weighted by atomic mass is 32.2. The van der Waals surface area contributed by atoms with E-state index in [0.29, 0.717) is 11.4 Å². The quantitative estimate of drug-likeness (QED) is 0.304. The Balaban J connectivity index is 1.73. The molecule has 0 fully saturated rings. The van der Waals surface area contributed by atoms with E-state index in [1.54, 1.807) is 45.7 Å². The average molecular weight is 595 g/mol. The Morgan fingerprint density at radius 2 is 1.76 bits per heavy atom. The van der Waals surface area contributed by atoms with E-state index in [1.165, 1.54) is 24.4 Å². The van der Waals surface area contributed by atoms with Gasteiger partial charge in [-0.25, -0.2) is 28.2 Å². The molecule has 0 bridgehead atoms. The van der Waals surface area contributed by atoms with Crippen LogP contribution in [0.5, 0.6) is 0 Å². The molecule has 2 amide bonds. The van der Waals surface area contributed by atoms with Crippen molar-refractivity contribution in [2.75, 3.05) is 23.4 Å². The maximum atomic E-state index is 13.5. The number of urea groups is 1. The molecule has 2 aromatic carbocycles. The van der Waals surface area contributed by atoms with Crippen LogP contribution in [0.1, 0.15) is 32.0 Å². The first-order valence-electron chi connectivity index (χ1n) is 13.0. The van der Waals surface area contributed by atoms with Gasteiger partial charge in [0.1, 0.15) is 18.0 Å². The molecular formula is C28H34N8O5S. The number of rotatable bonds is 7. The minimum atomic E-state index is -4.11. The number of carbonyl (C=O) groups is 2. The summed E-state index contributed by atoms with van der Waals surface area (Å²) in [5.74, 6) is -0.282. The first kappa shape index (κ1) is 30.4. The Morgan fingerprint density at radius 1 is 1.07 bits per heavy atom. The normalized spacial score (nSPS) is 11.8. The van der Waals surface area contributed by atoms with Gasteiger partial charge >= 0.3 is 12.0 Å². The molecule has 0 saturated heterocycles. The molecule has 222 valence electrons. The Bertz CT molecular complexity index is 1780. The summed E-state index contributed by atoms with van der Waals surface area (Å²) < 4.78 is 31.6. The van der Waals surface area contributed by atoms with Crippen molar-refractivity contribution in [3.8, 4) is 0 Å². The Hall–Kier alpha value is -4.56. The smallest absolute Gasteiger partial charge is 0.329 e. The van der Waals surface area contributed by atoms with Crippen LogP contribution in [-0.2, 0) is 26.6 Å². The number of aryl methyl sites for hydroxylation is 3. The highest BCUT2D eigenvalue weighted by molar-refractivity contribution is 7.89. The number of nitrogens with two attached hydrogens (primary N) is 1. The zero-order valence-electron chi connectivity index (χ0n) is 24.5. The number of nitrogens with one attached hydrogen (secondary N) is 1. The minimum Gasteiger partial charge on any atom is -0.459 e. The van der Waals surface area contributed by atoms with E-state index in [-0.39, 0.29) is 16.5 Å². The number of fused-ring (bicyclic) bond motifs is 1. The summed E-state index contributed by atoms with van der Waals surface area (Å²) >= 11 is 0. The number of hydrogen-bond donors (Lipinski definition) is 2. The SMILES string of the molecule is Cc1ccc(N(C(=O)NCC(=O)OC(C)(C)C)c2nccc(N(C)c3ccc4c(C)n(C)nc4c3)n2)cc1S(N)(=O)=O. The molecule has 0 radical (unpaired) electrons. The average Bonchev–Trinajstić information content (AvgIpc) is 3.19. The van der Waals surface area contributed by atoms with Crippen LogP contribution in [0.15, 0.2) is 53.6 Å². The van der Waals surface area contributed by atoms with Crippen LogP contribution in [-0.4, -0.2) is 59.4 Å². The van der Waals surface area contributed by atoms with Crippen LogP contribution in [0.25, 0.3) is 10.9 Å². The number of ether oxygens (including phenoxy) is 1. The van der Waals surface area contributed by atoms with Crippen LogP contribution in [0.3, 0.4) is 0 Å². The second-order valence-corrected chi connectivity index (χ2v) is 12.3. The molecule has 2 heterocycles. The van der Waals surface area contributed by atoms with Gasteiger partial charge in [-0.2, -0.15) is 10.1 Å². The van der Waals surface area contributed by atoms with Crippen LogP contribution >= 0.6 is 0 Å². The molecule has 0 spiro atoms. The topological polar surface area (TPSA) is 166 Å². The first-order chi connectivity index (χ1) is 19.5. The second-order valence-electron chi connectivity index (χ2n) is 10.8. The fraction of sp³-hybridized carbons (Fsp3) is 0.321. The lowest BCUT2D eigenvalue weighted by Gasteiger charge is -2.25. The molecular weight excluding hydrogens is 560 g/mol. The molecule has 42 heavy (non-hydrogen) atoms. The van der Waals surface area contributed by atoms with E-state index in [1.807, 2.05) is 36.9 Å². The van der Waals surface area contributed by atoms with Crippen molar-refractivity contribution in [1.29, 1.82) is 0 Å². The number of hydrogen-bond acceptors (Lipinski definition) is 9. The number of anilines is 4. The lowest BCUT2D eigenvalue weighted by Crippen LogP contribution is -2.42. The number of sulfonamides is 1. The van der Waals surface area contributed by atoms with Gasteiger partial charge in [0.2, 0.25) is 16.0 Å². The molecule has 0 aliphatic carbocycles. The van der Waals surface area contributed by atoms with Crippen molar-refractivity contribution < 1.29 is 22.7 Å². The van der Waals surface area contributed by atoms with Crippen LogP contribution in [0.2, 0.25) is 0 Å². The Morgan fingerprint density at radius 3 is 2.43 bits per heavy atom. The van der Waals surface area contributed by atoms with Crippen molar-refractivity contribution in [1.82, 2.24) is 25.1 Å². The molecule has 0 aliphatic rings. The summed E-state index contributed by atoms with van der Waals surface area (Å²) in [6, 6.07) is 11.0. The van der Waals surface area contributed by atoms with Crippen LogP contribution in [0.4, 0.5) is 27.9 Å². The van der Waals surface area contributed by atoms with Gasteiger partial charge in [0, 0.05) is 37.1 Å². The second kappa shape index (κ2) is 11.4. The van der Waals surface area contributed by atoms with E-state index >= 15 is 0 Å². The molecule has 2 aromatic heterocycles. The molecule has 0 saturated carbocycles. The van der Waals surface area contributed by atoms with Gasteiger partial charge in [0.15, 0.2) is 0 Å². The Kier molecular flexibility index (Phi) is 8.23. The van der Waals surface area contributed by atoms with Gasteiger partial charge in [0.25, 0.3) is 0 Å². The van der Waals surface area contributed by atoms with Gasteiger partial charge in [-0.1, -0.05) is 6.07 Å². The van der Waals surface area contributed by atoms with Gasteiger partial charge in [-0.3, -0.25) is 9.48 Å². The highest BCUT2D eigenvalue weighted by Crippen LogP contribution is 2.30. The van der Waals surface area contributed by atoms with E-state index in [9.17, 15) is 18.0 Å². The van der Waals surface area contributed by atoms with Crippen molar-refractivity contribution in [2.24, 2.45) is 12.2 Å². The van der Waals surface area contributed by atoms with Gasteiger partial charge in [-0.05, 0) is 76.6 Å². The summed E-state index contributed by atoms with van der Waals surface area (Å²) in [7, 11) is -0.424. The van der Waals surface area contributed by atoms with E-state index in [4.69, 9.17) is 9.88 Å². The minimum absolute atomic E-state index is 0.0694. The molecule has 4 rings (SSSR count). The lowest BCUT2D eigenvalue weighted by molar-refractivity contribution is -0.153. The summed E-state index contributed by atoms with van der Waals surface area (Å²) in [6.45, 7) is 8.27. The monoisotopic (exact) mass is 594 g/mol. The van der Waals surface area contributed by atoms with E-state index in [0.717, 1.165) is 27.2 Å². The molecule has 3 N–H and O–H groups in total. The fourth-order valence-corrected chi connectivity index (χ4v) is 5.06. The zero-order valence-corrected chi connectivity index (χ0v) is 25.4. The number of carbonyl (C=O) groups excluding carboxylic acids is 2. The summed E-state index contributed by atoms with van der Waals surface area (Å²) in [6.07, 6.45) is 1.47. The predicted molar refractivity (Wildman–Crippen MR) is 159 cm³/mol. The molecule has 0 unspecified atom stereocenters. The predicted octanol–water partition coefficient (Wildman–Crippen LogP) is 3.58. The molecule has 0 atom stereocenters. The van der Waals surface area contributed by atoms with Crippen LogP contribution in [0, 0.1) is 13.8 Å². The van der Waals surface area contributed by atoms with E-state index in [2.05, 4.69) is 20.4 Å². The van der Waals surface area contributed by atoms with Gasteiger partial charge in [0.05, 0.1) is 16.1 Å². The number of nitrogens with zero attached hydrogens (tertiary/aromatic N) is 6. The summed E-state index contributed by atoms with van der Waals surface area (Å²) in [5, 5.41) is 13.5. The summed E-state index contributed by atoms with van der Waals surface area (Å²) in [4.78, 5) is 37.4. The Labute approximate surface area is 244 Å². The third kappa shape index (κ3) is 6.66. The zero-order chi connectivity index (χ0) is 31.0. The first-order valence-corrected chi connectivity index (χ1v) is 14.5. The maximum absolute atomic E-state index is 13.5. The highest BCUT2D eigenvalue weighted by Gasteiger charge is 2.26. The van der Waals surface area contributed by atoms with Gasteiger partial charge in [-0.15, -0.1) is 0 Å². The molecule has 4 aromatic rings. The van der Waals surface area contributed by atoms with Gasteiger partial charge < -0.3 is 15.0 Å². The third-order valence-electron chi connectivity index (χ3n) is 6.42. The number of benzene rings is 2. The van der Waals surface area contributed by atoms with Crippen LogP contribution < -0.4 is 20.3 Å². The standard InChI is InChI=1S/C28H34N8O5S/c1-17-8-9-20(15-23(17)42(29,39)40)36(27(38)31-16-25(37)41-28(3,4)5)26-30-13-12-24(32-26)34(6)19-10-11-21-18(2)35(7)33-22(21)14-19/h8-15H,16H2,1-7H3,(H,31,38)(H2,29,39,40). The molecule has 0 aliphatic heterocycles. The van der Waals surface area contributed by atoms with Crippen molar-refractivity contribution in [3.05, 3.63) is 59.9 Å². The number of esters is 1. The van der Waals surface area contributed by atoms with Crippen molar-refractivity contribution in [3.63, 3.8) is 0 Å². The fourth-order valence-electron chi connectivity index (χ4n) is 4.26. The largest absolute Gasteiger partial charge is 0.459 e. The van der Waals surface area contributed by atoms with Crippen molar-refractivity contribution in [2.45, 2.75) is 45.1 Å². The molecule has 13 nitrogen and oxygen atoms in total. The lowest BCUT2D eigenvalue weighted by atomic mass is 10.2. The third-order valence-corrected chi connectivity index (χ3v) is 7.47. The number of primary sulfonamides is 1. The maximum Gasteiger partial charge on any atom is 0.329 e.